The predicted molar refractivity (Wildman–Crippen MR) is 78.5 cm³/mol. The molecule has 110 valence electrons. The average Bonchev–Trinajstić information content (AvgIpc) is 2.94. The molecule has 2 amide bonds. The number of carbonyl (C=O) groups excluding carboxylic acids is 2. The van der Waals surface area contributed by atoms with Gasteiger partial charge >= 0.3 is 0 Å². The van der Waals surface area contributed by atoms with Crippen LogP contribution in [0.5, 0.6) is 0 Å². The SMILES string of the molecule is C/C(=N/O)C(=O)NCCNC(=O)c1cc2ccccc2[nH]1. The fourth-order valence-electron chi connectivity index (χ4n) is 1.82. The van der Waals surface area contributed by atoms with Crippen LogP contribution in [0.4, 0.5) is 0 Å². The van der Waals surface area contributed by atoms with E-state index in [0.717, 1.165) is 10.9 Å². The Kier molecular flexibility index (Phi) is 4.55. The van der Waals surface area contributed by atoms with Crippen LogP contribution in [-0.4, -0.2) is 40.8 Å². The Hall–Kier alpha value is -2.83. The van der Waals surface area contributed by atoms with Gasteiger partial charge in [-0.15, -0.1) is 0 Å². The van der Waals surface area contributed by atoms with Crippen LogP contribution in [0.1, 0.15) is 17.4 Å². The first-order valence-corrected chi connectivity index (χ1v) is 6.44. The number of H-pyrrole nitrogens is 1. The molecule has 1 heterocycles. The molecule has 0 fully saturated rings. The summed E-state index contributed by atoms with van der Waals surface area (Å²) in [6.07, 6.45) is 0. The average molecular weight is 288 g/mol. The second kappa shape index (κ2) is 6.56. The third kappa shape index (κ3) is 3.59. The van der Waals surface area contributed by atoms with Crippen molar-refractivity contribution >= 4 is 28.4 Å². The van der Waals surface area contributed by atoms with Crippen molar-refractivity contribution in [2.24, 2.45) is 5.16 Å². The van der Waals surface area contributed by atoms with Gasteiger partial charge in [0, 0.05) is 24.0 Å². The fraction of sp³-hybridized carbons (Fsp3) is 0.214. The Morgan fingerprint density at radius 3 is 2.67 bits per heavy atom. The van der Waals surface area contributed by atoms with E-state index in [9.17, 15) is 9.59 Å². The molecule has 1 aromatic carbocycles. The number of rotatable bonds is 5. The Morgan fingerprint density at radius 2 is 1.95 bits per heavy atom. The molecule has 2 aromatic rings. The molecule has 0 aliphatic heterocycles. The van der Waals surface area contributed by atoms with Crippen molar-refractivity contribution in [2.75, 3.05) is 13.1 Å². The molecule has 7 nitrogen and oxygen atoms in total. The van der Waals surface area contributed by atoms with Crippen LogP contribution in [0, 0.1) is 0 Å². The Balaban J connectivity index is 1.83. The van der Waals surface area contributed by atoms with Crippen molar-refractivity contribution in [3.05, 3.63) is 36.0 Å². The van der Waals surface area contributed by atoms with E-state index in [1.807, 2.05) is 24.3 Å². The number of hydrogen-bond acceptors (Lipinski definition) is 4. The minimum Gasteiger partial charge on any atom is -0.410 e. The summed E-state index contributed by atoms with van der Waals surface area (Å²) in [5.74, 6) is -0.717. The fourth-order valence-corrected chi connectivity index (χ4v) is 1.82. The van der Waals surface area contributed by atoms with Crippen LogP contribution in [0.25, 0.3) is 10.9 Å². The molecule has 0 bridgehead atoms. The molecule has 0 saturated carbocycles. The minimum atomic E-state index is -0.475. The molecule has 1 aromatic heterocycles. The molecule has 4 N–H and O–H groups in total. The molecule has 7 heteroatoms. The molecule has 0 aliphatic rings. The van der Waals surface area contributed by atoms with Crippen LogP contribution in [0.15, 0.2) is 35.5 Å². The highest BCUT2D eigenvalue weighted by Gasteiger charge is 2.09. The number of aromatic nitrogens is 1. The van der Waals surface area contributed by atoms with Crippen LogP contribution in [0.2, 0.25) is 0 Å². The minimum absolute atomic E-state index is 0.0306. The van der Waals surface area contributed by atoms with Gasteiger partial charge in [-0.3, -0.25) is 9.59 Å². The second-order valence-electron chi connectivity index (χ2n) is 4.47. The normalized spacial score (nSPS) is 11.4. The Labute approximate surface area is 121 Å². The summed E-state index contributed by atoms with van der Waals surface area (Å²) in [5, 5.41) is 17.4. The van der Waals surface area contributed by atoms with E-state index in [2.05, 4.69) is 20.8 Å². The maximum atomic E-state index is 11.9. The third-order valence-corrected chi connectivity index (χ3v) is 2.95. The largest absolute Gasteiger partial charge is 0.410 e. The molecule has 2 rings (SSSR count). The highest BCUT2D eigenvalue weighted by Crippen LogP contribution is 2.14. The lowest BCUT2D eigenvalue weighted by molar-refractivity contribution is -0.114. The van der Waals surface area contributed by atoms with E-state index in [1.165, 1.54) is 6.92 Å². The van der Waals surface area contributed by atoms with Crippen molar-refractivity contribution < 1.29 is 14.8 Å². The summed E-state index contributed by atoms with van der Waals surface area (Å²) in [6.45, 7) is 1.91. The Bertz CT molecular complexity index is 657. The number of benzene rings is 1. The second-order valence-corrected chi connectivity index (χ2v) is 4.47. The number of oxime groups is 1. The highest BCUT2D eigenvalue weighted by atomic mass is 16.4. The molecule has 0 radical (unpaired) electrons. The molecule has 0 unspecified atom stereocenters. The number of para-hydroxylation sites is 1. The number of nitrogens with zero attached hydrogens (tertiary/aromatic N) is 1. The predicted octanol–water partition coefficient (Wildman–Crippen LogP) is 0.864. The maximum Gasteiger partial charge on any atom is 0.268 e. The van der Waals surface area contributed by atoms with E-state index in [1.54, 1.807) is 6.07 Å². The van der Waals surface area contributed by atoms with Crippen LogP contribution in [0.3, 0.4) is 0 Å². The first-order chi connectivity index (χ1) is 10.1. The van der Waals surface area contributed by atoms with E-state index in [-0.39, 0.29) is 24.7 Å². The zero-order valence-electron chi connectivity index (χ0n) is 11.5. The van der Waals surface area contributed by atoms with E-state index < -0.39 is 5.91 Å². The van der Waals surface area contributed by atoms with Gasteiger partial charge in [-0.2, -0.15) is 0 Å². The van der Waals surface area contributed by atoms with Gasteiger partial charge in [-0.05, 0) is 19.1 Å². The summed E-state index contributed by atoms with van der Waals surface area (Å²) in [7, 11) is 0. The van der Waals surface area contributed by atoms with Gasteiger partial charge in [0.15, 0.2) is 0 Å². The quantitative estimate of drug-likeness (QED) is 0.284. The summed E-state index contributed by atoms with van der Waals surface area (Å²) < 4.78 is 0. The van der Waals surface area contributed by atoms with Crippen molar-refractivity contribution in [1.82, 2.24) is 15.6 Å². The zero-order chi connectivity index (χ0) is 15.2. The van der Waals surface area contributed by atoms with Gasteiger partial charge in [0.2, 0.25) is 0 Å². The summed E-state index contributed by atoms with van der Waals surface area (Å²) in [4.78, 5) is 26.2. The third-order valence-electron chi connectivity index (χ3n) is 2.95. The first kappa shape index (κ1) is 14.6. The zero-order valence-corrected chi connectivity index (χ0v) is 11.5. The number of nitrogens with one attached hydrogen (secondary N) is 3. The van der Waals surface area contributed by atoms with Gasteiger partial charge in [-0.25, -0.2) is 0 Å². The maximum absolute atomic E-state index is 11.9. The highest BCUT2D eigenvalue weighted by molar-refractivity contribution is 6.37. The van der Waals surface area contributed by atoms with E-state index in [0.29, 0.717) is 5.69 Å². The molecule has 0 spiro atoms. The van der Waals surface area contributed by atoms with Crippen LogP contribution < -0.4 is 10.6 Å². The molecular weight excluding hydrogens is 272 g/mol. The van der Waals surface area contributed by atoms with Crippen LogP contribution >= 0.6 is 0 Å². The smallest absolute Gasteiger partial charge is 0.268 e. The van der Waals surface area contributed by atoms with Crippen molar-refractivity contribution in [1.29, 1.82) is 0 Å². The summed E-state index contributed by atoms with van der Waals surface area (Å²) in [5.41, 5.74) is 1.33. The monoisotopic (exact) mass is 288 g/mol. The molecule has 0 atom stereocenters. The number of carbonyl (C=O) groups is 2. The number of hydrogen-bond donors (Lipinski definition) is 4. The Morgan fingerprint density at radius 1 is 1.24 bits per heavy atom. The molecule has 0 saturated heterocycles. The van der Waals surface area contributed by atoms with Gasteiger partial charge < -0.3 is 20.8 Å². The number of aromatic amines is 1. The molecule has 0 aliphatic carbocycles. The summed E-state index contributed by atoms with van der Waals surface area (Å²) in [6, 6.07) is 9.37. The topological polar surface area (TPSA) is 107 Å². The number of amides is 2. The summed E-state index contributed by atoms with van der Waals surface area (Å²) >= 11 is 0. The van der Waals surface area contributed by atoms with Gasteiger partial charge in [0.25, 0.3) is 11.8 Å². The van der Waals surface area contributed by atoms with Crippen molar-refractivity contribution in [3.8, 4) is 0 Å². The van der Waals surface area contributed by atoms with Gasteiger partial charge in [-0.1, -0.05) is 23.4 Å². The molecular formula is C14H16N4O3. The first-order valence-electron chi connectivity index (χ1n) is 6.44. The van der Waals surface area contributed by atoms with E-state index >= 15 is 0 Å². The standard InChI is InChI=1S/C14H16N4O3/c1-9(18-21)13(19)15-6-7-16-14(20)12-8-10-4-2-3-5-11(10)17-12/h2-5,8,17,21H,6-7H2,1H3,(H,15,19)(H,16,20)/b18-9-. The van der Waals surface area contributed by atoms with Gasteiger partial charge in [0.05, 0.1) is 0 Å². The van der Waals surface area contributed by atoms with E-state index in [4.69, 9.17) is 5.21 Å². The van der Waals surface area contributed by atoms with Gasteiger partial charge in [0.1, 0.15) is 11.4 Å². The van der Waals surface area contributed by atoms with Crippen LogP contribution in [-0.2, 0) is 4.79 Å². The van der Waals surface area contributed by atoms with Crippen molar-refractivity contribution in [3.63, 3.8) is 0 Å². The lowest BCUT2D eigenvalue weighted by Crippen LogP contribution is -2.37. The molecule has 21 heavy (non-hydrogen) atoms. The number of fused-ring (bicyclic) bond motifs is 1. The lowest BCUT2D eigenvalue weighted by Gasteiger charge is -2.05. The lowest BCUT2D eigenvalue weighted by atomic mass is 10.2. The van der Waals surface area contributed by atoms with Crippen molar-refractivity contribution in [2.45, 2.75) is 6.92 Å².